The van der Waals surface area contributed by atoms with Gasteiger partial charge in [0.1, 0.15) is 11.9 Å². The highest BCUT2D eigenvalue weighted by Gasteiger charge is 2.25. The van der Waals surface area contributed by atoms with Crippen molar-refractivity contribution in [1.82, 2.24) is 10.7 Å². The van der Waals surface area contributed by atoms with E-state index >= 15 is 0 Å². The number of anilines is 1. The predicted octanol–water partition coefficient (Wildman–Crippen LogP) is 4.32. The van der Waals surface area contributed by atoms with E-state index in [-0.39, 0.29) is 24.7 Å². The molecule has 0 aliphatic rings. The van der Waals surface area contributed by atoms with Crippen LogP contribution in [0, 0.1) is 11.7 Å². The molecule has 3 N–H and O–H groups in total. The van der Waals surface area contributed by atoms with Crippen molar-refractivity contribution < 1.29 is 37.8 Å². The Labute approximate surface area is 254 Å². The van der Waals surface area contributed by atoms with Gasteiger partial charge in [0.15, 0.2) is 18.1 Å². The topological polar surface area (TPSA) is 144 Å². The largest absolute Gasteiger partial charge is 0.490 e. The van der Waals surface area contributed by atoms with Gasteiger partial charge in [-0.05, 0) is 79.9 Å². The minimum atomic E-state index is -0.962. The average Bonchev–Trinajstić information content (AvgIpc) is 3.00. The molecule has 3 rings (SSSR count). The molecule has 0 bridgehead atoms. The SMILES string of the molecule is CCOC(=O)c1ccc(NC(=O)COc2ccc(/C=N/NC(=O)C(NC(=O)c3ccccc3F)C(C)C)cc2OCC)cc1. The molecule has 11 nitrogen and oxygen atoms in total. The lowest BCUT2D eigenvalue weighted by atomic mass is 10.0. The van der Waals surface area contributed by atoms with E-state index in [1.807, 2.05) is 0 Å². The van der Waals surface area contributed by atoms with Gasteiger partial charge in [-0.3, -0.25) is 14.4 Å². The van der Waals surface area contributed by atoms with Crippen LogP contribution in [0.3, 0.4) is 0 Å². The molecular weight excluding hydrogens is 571 g/mol. The molecule has 0 saturated carbocycles. The van der Waals surface area contributed by atoms with E-state index in [9.17, 15) is 23.6 Å². The van der Waals surface area contributed by atoms with Crippen LogP contribution in [0.25, 0.3) is 0 Å². The minimum Gasteiger partial charge on any atom is -0.490 e. The lowest BCUT2D eigenvalue weighted by Gasteiger charge is -2.20. The van der Waals surface area contributed by atoms with Crippen molar-refractivity contribution in [2.75, 3.05) is 25.1 Å². The standard InChI is InChI=1S/C32H35FN4O7/c1-5-42-27-17-21(18-34-37-31(40)29(20(3)4)36-30(39)24-9-7-8-10-25(24)33)11-16-26(27)44-19-28(38)35-23-14-12-22(13-15-23)32(41)43-6-2/h7-18,20,29H,5-6,19H2,1-4H3,(H,35,38)(H,36,39)(H,37,40)/b34-18+. The summed E-state index contributed by atoms with van der Waals surface area (Å²) in [6.07, 6.45) is 1.38. The summed E-state index contributed by atoms with van der Waals surface area (Å²) in [5.41, 5.74) is 3.65. The quantitative estimate of drug-likeness (QED) is 0.141. The van der Waals surface area contributed by atoms with Gasteiger partial charge in [-0.25, -0.2) is 14.6 Å². The molecule has 0 heterocycles. The Bertz CT molecular complexity index is 1490. The van der Waals surface area contributed by atoms with Gasteiger partial charge in [-0.1, -0.05) is 26.0 Å². The van der Waals surface area contributed by atoms with E-state index in [1.54, 1.807) is 70.2 Å². The number of nitrogens with one attached hydrogen (secondary N) is 3. The summed E-state index contributed by atoms with van der Waals surface area (Å²) in [6, 6.07) is 15.7. The molecular formula is C32H35FN4O7. The maximum absolute atomic E-state index is 14.0. The highest BCUT2D eigenvalue weighted by atomic mass is 19.1. The molecule has 0 fully saturated rings. The van der Waals surface area contributed by atoms with Crippen LogP contribution in [0.4, 0.5) is 10.1 Å². The normalized spacial score (nSPS) is 11.5. The molecule has 44 heavy (non-hydrogen) atoms. The third-order valence-corrected chi connectivity index (χ3v) is 6.05. The van der Waals surface area contributed by atoms with Gasteiger partial charge >= 0.3 is 5.97 Å². The highest BCUT2D eigenvalue weighted by molar-refractivity contribution is 5.98. The number of amides is 3. The van der Waals surface area contributed by atoms with Crippen LogP contribution < -0.4 is 25.5 Å². The molecule has 0 radical (unpaired) electrons. The maximum atomic E-state index is 14.0. The van der Waals surface area contributed by atoms with E-state index in [1.165, 1.54) is 30.5 Å². The van der Waals surface area contributed by atoms with Crippen LogP contribution in [0.2, 0.25) is 0 Å². The van der Waals surface area contributed by atoms with Gasteiger partial charge in [0.25, 0.3) is 17.7 Å². The summed E-state index contributed by atoms with van der Waals surface area (Å²) in [7, 11) is 0. The number of rotatable bonds is 14. The van der Waals surface area contributed by atoms with Crippen molar-refractivity contribution in [1.29, 1.82) is 0 Å². The number of ether oxygens (including phenoxy) is 3. The van der Waals surface area contributed by atoms with Gasteiger partial charge in [0.2, 0.25) is 0 Å². The fraction of sp³-hybridized carbons (Fsp3) is 0.281. The Kier molecular flexibility index (Phi) is 12.4. The van der Waals surface area contributed by atoms with Crippen LogP contribution in [0.1, 0.15) is 54.0 Å². The molecule has 3 aromatic carbocycles. The van der Waals surface area contributed by atoms with E-state index in [0.29, 0.717) is 34.9 Å². The van der Waals surface area contributed by atoms with E-state index in [4.69, 9.17) is 14.2 Å². The molecule has 3 amide bonds. The first-order chi connectivity index (χ1) is 21.1. The van der Waals surface area contributed by atoms with Gasteiger partial charge in [0, 0.05) is 5.69 Å². The zero-order chi connectivity index (χ0) is 32.1. The van der Waals surface area contributed by atoms with E-state index in [2.05, 4.69) is 21.2 Å². The number of carbonyl (C=O) groups excluding carboxylic acids is 4. The first-order valence-corrected chi connectivity index (χ1v) is 14.0. The second-order valence-electron chi connectivity index (χ2n) is 9.68. The smallest absolute Gasteiger partial charge is 0.338 e. The number of hydrogen-bond acceptors (Lipinski definition) is 8. The minimum absolute atomic E-state index is 0.164. The highest BCUT2D eigenvalue weighted by Crippen LogP contribution is 2.28. The summed E-state index contributed by atoms with van der Waals surface area (Å²) < 4.78 is 30.3. The zero-order valence-corrected chi connectivity index (χ0v) is 24.9. The van der Waals surface area contributed by atoms with Crippen LogP contribution in [-0.4, -0.2) is 55.8 Å². The third-order valence-electron chi connectivity index (χ3n) is 6.05. The zero-order valence-electron chi connectivity index (χ0n) is 24.9. The molecule has 3 aromatic rings. The Balaban J connectivity index is 1.58. The fourth-order valence-corrected chi connectivity index (χ4v) is 3.88. The van der Waals surface area contributed by atoms with Crippen molar-refractivity contribution in [3.05, 3.63) is 89.2 Å². The molecule has 232 valence electrons. The fourth-order valence-electron chi connectivity index (χ4n) is 3.88. The lowest BCUT2D eigenvalue weighted by Crippen LogP contribution is -2.48. The monoisotopic (exact) mass is 606 g/mol. The summed E-state index contributed by atoms with van der Waals surface area (Å²) in [6.45, 7) is 7.27. The number of hydrazone groups is 1. The number of hydrogen-bond donors (Lipinski definition) is 3. The van der Waals surface area contributed by atoms with Gasteiger partial charge in [-0.2, -0.15) is 5.10 Å². The molecule has 0 aromatic heterocycles. The lowest BCUT2D eigenvalue weighted by molar-refractivity contribution is -0.124. The number of halogens is 1. The molecule has 12 heteroatoms. The number of carbonyl (C=O) groups is 4. The third kappa shape index (κ3) is 9.65. The Morgan fingerprint density at radius 2 is 1.64 bits per heavy atom. The van der Waals surface area contributed by atoms with Crippen molar-refractivity contribution in [2.45, 2.75) is 33.7 Å². The second kappa shape index (κ2) is 16.4. The molecule has 0 saturated heterocycles. The Hall–Kier alpha value is -5.26. The molecule has 0 aliphatic heterocycles. The summed E-state index contributed by atoms with van der Waals surface area (Å²) in [4.78, 5) is 49.5. The van der Waals surface area contributed by atoms with E-state index < -0.39 is 35.5 Å². The first kappa shape index (κ1) is 33.2. The van der Waals surface area contributed by atoms with Crippen LogP contribution >= 0.6 is 0 Å². The first-order valence-electron chi connectivity index (χ1n) is 14.0. The van der Waals surface area contributed by atoms with Crippen LogP contribution in [0.5, 0.6) is 11.5 Å². The summed E-state index contributed by atoms with van der Waals surface area (Å²) >= 11 is 0. The van der Waals surface area contributed by atoms with Crippen LogP contribution in [0.15, 0.2) is 71.8 Å². The van der Waals surface area contributed by atoms with Crippen molar-refractivity contribution in [2.24, 2.45) is 11.0 Å². The Morgan fingerprint density at radius 3 is 2.30 bits per heavy atom. The molecule has 1 unspecified atom stereocenters. The number of benzene rings is 3. The average molecular weight is 607 g/mol. The van der Waals surface area contributed by atoms with Gasteiger partial charge in [-0.15, -0.1) is 0 Å². The summed E-state index contributed by atoms with van der Waals surface area (Å²) in [5, 5.41) is 9.22. The van der Waals surface area contributed by atoms with Gasteiger partial charge < -0.3 is 24.8 Å². The summed E-state index contributed by atoms with van der Waals surface area (Å²) in [5.74, 6) is -2.48. The van der Waals surface area contributed by atoms with Gasteiger partial charge in [0.05, 0.1) is 30.6 Å². The number of esters is 1. The van der Waals surface area contributed by atoms with Crippen molar-refractivity contribution >= 4 is 35.6 Å². The molecule has 0 aliphatic carbocycles. The van der Waals surface area contributed by atoms with Crippen LogP contribution in [-0.2, 0) is 14.3 Å². The van der Waals surface area contributed by atoms with Crippen molar-refractivity contribution in [3.63, 3.8) is 0 Å². The van der Waals surface area contributed by atoms with Crippen molar-refractivity contribution in [3.8, 4) is 11.5 Å². The number of nitrogens with zero attached hydrogens (tertiary/aromatic N) is 1. The predicted molar refractivity (Wildman–Crippen MR) is 162 cm³/mol. The molecule has 0 spiro atoms. The van der Waals surface area contributed by atoms with E-state index in [0.717, 1.165) is 0 Å². The maximum Gasteiger partial charge on any atom is 0.338 e. The second-order valence-corrected chi connectivity index (χ2v) is 9.68. The Morgan fingerprint density at radius 1 is 0.909 bits per heavy atom. The molecule has 1 atom stereocenters.